The molecular formula is C10H22O6. The van der Waals surface area contributed by atoms with E-state index in [4.69, 9.17) is 29.5 Å². The van der Waals surface area contributed by atoms with Gasteiger partial charge in [-0.2, -0.15) is 0 Å². The Balaban J connectivity index is 3.58. The highest BCUT2D eigenvalue weighted by atomic mass is 16.6. The van der Waals surface area contributed by atoms with Crippen molar-refractivity contribution in [1.82, 2.24) is 0 Å². The van der Waals surface area contributed by atoms with Gasteiger partial charge < -0.3 is 29.5 Å². The summed E-state index contributed by atoms with van der Waals surface area (Å²) < 4.78 is 15.7. The van der Waals surface area contributed by atoms with Gasteiger partial charge in [-0.15, -0.1) is 0 Å². The van der Waals surface area contributed by atoms with Gasteiger partial charge in [0, 0.05) is 13.2 Å². The summed E-state index contributed by atoms with van der Waals surface area (Å²) in [7, 11) is 0. The normalized spacial score (nSPS) is 11.2. The molecular weight excluding hydrogens is 216 g/mol. The van der Waals surface area contributed by atoms with Crippen molar-refractivity contribution in [2.75, 3.05) is 52.9 Å². The van der Waals surface area contributed by atoms with E-state index in [1.165, 1.54) is 0 Å². The van der Waals surface area contributed by atoms with Crippen LogP contribution in [0.2, 0.25) is 0 Å². The third-order valence-electron chi connectivity index (χ3n) is 1.73. The molecule has 0 aromatic heterocycles. The van der Waals surface area contributed by atoms with Crippen molar-refractivity contribution in [3.63, 3.8) is 0 Å². The van der Waals surface area contributed by atoms with Crippen LogP contribution in [0.25, 0.3) is 0 Å². The van der Waals surface area contributed by atoms with Crippen molar-refractivity contribution in [1.29, 1.82) is 0 Å². The lowest BCUT2D eigenvalue weighted by molar-refractivity contribution is -0.0689. The second kappa shape index (κ2) is 12.8. The molecule has 0 amide bonds. The smallest absolute Gasteiger partial charge is 0.104 e. The summed E-state index contributed by atoms with van der Waals surface area (Å²) in [5.74, 6) is 0. The van der Waals surface area contributed by atoms with Crippen LogP contribution >= 0.6 is 0 Å². The Kier molecular flexibility index (Phi) is 12.6. The standard InChI is InChI=1S/C10H22O6/c11-2-1-5-16-10(8-14-6-3-12)9-15-7-4-13/h10-13H,1-9H2. The lowest BCUT2D eigenvalue weighted by atomic mass is 10.4. The molecule has 0 unspecified atom stereocenters. The zero-order chi connectivity index (χ0) is 12.1. The number of rotatable bonds is 12. The lowest BCUT2D eigenvalue weighted by Crippen LogP contribution is -2.27. The lowest BCUT2D eigenvalue weighted by Gasteiger charge is -2.17. The molecule has 0 spiro atoms. The minimum absolute atomic E-state index is 0.0269. The van der Waals surface area contributed by atoms with E-state index in [-0.39, 0.29) is 39.1 Å². The van der Waals surface area contributed by atoms with Gasteiger partial charge in [0.1, 0.15) is 6.10 Å². The molecule has 0 radical (unpaired) electrons. The summed E-state index contributed by atoms with van der Waals surface area (Å²) in [5.41, 5.74) is 0. The summed E-state index contributed by atoms with van der Waals surface area (Å²) in [5, 5.41) is 25.7. The molecule has 0 aromatic carbocycles. The zero-order valence-electron chi connectivity index (χ0n) is 9.51. The quantitative estimate of drug-likeness (QED) is 0.369. The van der Waals surface area contributed by atoms with E-state index >= 15 is 0 Å². The van der Waals surface area contributed by atoms with Crippen LogP contribution in [0, 0.1) is 0 Å². The van der Waals surface area contributed by atoms with E-state index in [1.54, 1.807) is 0 Å². The van der Waals surface area contributed by atoms with Gasteiger partial charge in [-0.05, 0) is 6.42 Å². The maximum atomic E-state index is 8.60. The van der Waals surface area contributed by atoms with Gasteiger partial charge >= 0.3 is 0 Å². The predicted octanol–water partition coefficient (Wildman–Crippen LogP) is -1.23. The summed E-state index contributed by atoms with van der Waals surface area (Å²) in [6, 6.07) is 0. The van der Waals surface area contributed by atoms with Crippen molar-refractivity contribution >= 4 is 0 Å². The molecule has 0 aliphatic carbocycles. The largest absolute Gasteiger partial charge is 0.396 e. The van der Waals surface area contributed by atoms with E-state index in [2.05, 4.69) is 0 Å². The molecule has 0 aromatic rings. The van der Waals surface area contributed by atoms with Crippen molar-refractivity contribution in [2.45, 2.75) is 12.5 Å². The van der Waals surface area contributed by atoms with E-state index in [9.17, 15) is 0 Å². The Hall–Kier alpha value is -0.240. The molecule has 0 fully saturated rings. The first-order valence-corrected chi connectivity index (χ1v) is 5.44. The van der Waals surface area contributed by atoms with E-state index in [0.29, 0.717) is 26.2 Å². The molecule has 0 heterocycles. The Morgan fingerprint density at radius 3 is 1.75 bits per heavy atom. The van der Waals surface area contributed by atoms with Crippen molar-refractivity contribution in [3.05, 3.63) is 0 Å². The fourth-order valence-corrected chi connectivity index (χ4v) is 1.02. The highest BCUT2D eigenvalue weighted by Gasteiger charge is 2.09. The molecule has 0 bridgehead atoms. The molecule has 16 heavy (non-hydrogen) atoms. The first-order chi connectivity index (χ1) is 7.85. The Morgan fingerprint density at radius 2 is 1.31 bits per heavy atom. The van der Waals surface area contributed by atoms with Crippen LogP contribution in [-0.4, -0.2) is 74.3 Å². The first-order valence-electron chi connectivity index (χ1n) is 5.44. The minimum atomic E-state index is -0.232. The highest BCUT2D eigenvalue weighted by molar-refractivity contribution is 4.55. The Morgan fingerprint density at radius 1 is 0.750 bits per heavy atom. The Labute approximate surface area is 95.7 Å². The van der Waals surface area contributed by atoms with Crippen LogP contribution in [0.15, 0.2) is 0 Å². The van der Waals surface area contributed by atoms with Gasteiger partial charge in [0.15, 0.2) is 0 Å². The SMILES string of the molecule is OCCCOC(COCCO)COCCO. The van der Waals surface area contributed by atoms with Gasteiger partial charge in [0.25, 0.3) is 0 Å². The molecule has 6 heteroatoms. The third-order valence-corrected chi connectivity index (χ3v) is 1.73. The fourth-order valence-electron chi connectivity index (χ4n) is 1.02. The van der Waals surface area contributed by atoms with Crippen LogP contribution in [0.1, 0.15) is 6.42 Å². The van der Waals surface area contributed by atoms with Crippen LogP contribution in [0.5, 0.6) is 0 Å². The van der Waals surface area contributed by atoms with Gasteiger partial charge in [0.05, 0.1) is 39.6 Å². The van der Waals surface area contributed by atoms with Gasteiger partial charge in [-0.1, -0.05) is 0 Å². The minimum Gasteiger partial charge on any atom is -0.396 e. The summed E-state index contributed by atoms with van der Waals surface area (Å²) in [6.45, 7) is 1.66. The highest BCUT2D eigenvalue weighted by Crippen LogP contribution is 1.97. The molecule has 98 valence electrons. The third kappa shape index (κ3) is 10.3. The molecule has 0 rings (SSSR count). The molecule has 0 saturated carbocycles. The predicted molar refractivity (Wildman–Crippen MR) is 57.3 cm³/mol. The average molecular weight is 238 g/mol. The van der Waals surface area contributed by atoms with Crippen molar-refractivity contribution < 1.29 is 29.5 Å². The molecule has 0 aliphatic heterocycles. The monoisotopic (exact) mass is 238 g/mol. The number of aliphatic hydroxyl groups is 3. The average Bonchev–Trinajstić information content (AvgIpc) is 2.29. The molecule has 0 aliphatic rings. The van der Waals surface area contributed by atoms with E-state index in [0.717, 1.165) is 0 Å². The van der Waals surface area contributed by atoms with E-state index in [1.807, 2.05) is 0 Å². The number of ether oxygens (including phenoxy) is 3. The maximum absolute atomic E-state index is 8.60. The molecule has 0 saturated heterocycles. The maximum Gasteiger partial charge on any atom is 0.104 e. The van der Waals surface area contributed by atoms with Crippen molar-refractivity contribution in [2.24, 2.45) is 0 Å². The number of hydrogen-bond acceptors (Lipinski definition) is 6. The Bertz CT molecular complexity index is 109. The van der Waals surface area contributed by atoms with E-state index < -0.39 is 0 Å². The van der Waals surface area contributed by atoms with Crippen molar-refractivity contribution in [3.8, 4) is 0 Å². The topological polar surface area (TPSA) is 88.4 Å². The van der Waals surface area contributed by atoms with Crippen LogP contribution in [0.3, 0.4) is 0 Å². The summed E-state index contributed by atoms with van der Waals surface area (Å²) in [6.07, 6.45) is 0.334. The fraction of sp³-hybridized carbons (Fsp3) is 1.00. The second-order valence-electron chi connectivity index (χ2n) is 3.17. The van der Waals surface area contributed by atoms with Gasteiger partial charge in [0.2, 0.25) is 0 Å². The summed E-state index contributed by atoms with van der Waals surface area (Å²) in [4.78, 5) is 0. The van der Waals surface area contributed by atoms with Crippen LogP contribution in [-0.2, 0) is 14.2 Å². The number of aliphatic hydroxyl groups excluding tert-OH is 3. The molecule has 3 N–H and O–H groups in total. The van der Waals surface area contributed by atoms with Crippen LogP contribution < -0.4 is 0 Å². The second-order valence-corrected chi connectivity index (χ2v) is 3.17. The number of hydrogen-bond donors (Lipinski definition) is 3. The molecule has 0 atom stereocenters. The molecule has 6 nitrogen and oxygen atoms in total. The summed E-state index contributed by atoms with van der Waals surface area (Å²) >= 11 is 0. The first kappa shape index (κ1) is 15.8. The van der Waals surface area contributed by atoms with Gasteiger partial charge in [-0.3, -0.25) is 0 Å². The van der Waals surface area contributed by atoms with Crippen LogP contribution in [0.4, 0.5) is 0 Å². The van der Waals surface area contributed by atoms with Gasteiger partial charge in [-0.25, -0.2) is 0 Å². The zero-order valence-corrected chi connectivity index (χ0v) is 9.51.